The Morgan fingerprint density at radius 1 is 1.48 bits per heavy atom. The molecular formula is C16H20N4O5. The van der Waals surface area contributed by atoms with E-state index in [0.717, 1.165) is 0 Å². The predicted octanol–water partition coefficient (Wildman–Crippen LogP) is 0.735. The van der Waals surface area contributed by atoms with Crippen LogP contribution in [0.3, 0.4) is 0 Å². The van der Waals surface area contributed by atoms with Gasteiger partial charge in [0.25, 0.3) is 11.5 Å². The molecule has 0 spiro atoms. The summed E-state index contributed by atoms with van der Waals surface area (Å²) in [5, 5.41) is 3.88. The van der Waals surface area contributed by atoms with Gasteiger partial charge in [-0.25, -0.2) is 4.98 Å². The van der Waals surface area contributed by atoms with Gasteiger partial charge in [-0.2, -0.15) is 0 Å². The van der Waals surface area contributed by atoms with Crippen LogP contribution in [0, 0.1) is 13.8 Å². The van der Waals surface area contributed by atoms with Crippen LogP contribution in [0.1, 0.15) is 39.4 Å². The monoisotopic (exact) mass is 348 g/mol. The highest BCUT2D eigenvalue weighted by Crippen LogP contribution is 2.22. The van der Waals surface area contributed by atoms with Crippen molar-refractivity contribution in [3.8, 4) is 0 Å². The molecule has 0 aromatic carbocycles. The van der Waals surface area contributed by atoms with Crippen molar-refractivity contribution in [1.29, 1.82) is 0 Å². The lowest BCUT2D eigenvalue weighted by Crippen LogP contribution is -2.43. The summed E-state index contributed by atoms with van der Waals surface area (Å²) in [5.74, 6) is 0.711. The highest BCUT2D eigenvalue weighted by atomic mass is 16.5. The van der Waals surface area contributed by atoms with Crippen molar-refractivity contribution in [2.75, 3.05) is 26.8 Å². The molecule has 1 saturated heterocycles. The predicted molar refractivity (Wildman–Crippen MR) is 86.1 cm³/mol. The number of methoxy groups -OCH3 is 1. The number of nitrogens with zero attached hydrogens (tertiary/aromatic N) is 3. The SMILES string of the molecule is COCc1c(C(=O)N2CCO[C@H](c3nc(C)cc(=O)[nH]3)C2)noc1C. The number of ether oxygens (including phenoxy) is 2. The van der Waals surface area contributed by atoms with Gasteiger partial charge in [0.05, 0.1) is 25.3 Å². The smallest absolute Gasteiger partial charge is 0.276 e. The second-order valence-corrected chi connectivity index (χ2v) is 5.88. The molecule has 1 aliphatic rings. The first-order valence-electron chi connectivity index (χ1n) is 7.92. The second kappa shape index (κ2) is 7.16. The Balaban J connectivity index is 1.81. The molecule has 0 bridgehead atoms. The first-order chi connectivity index (χ1) is 12.0. The van der Waals surface area contributed by atoms with Gasteiger partial charge in [-0.05, 0) is 13.8 Å². The van der Waals surface area contributed by atoms with E-state index in [9.17, 15) is 9.59 Å². The molecule has 25 heavy (non-hydrogen) atoms. The average Bonchev–Trinajstić information content (AvgIpc) is 2.95. The zero-order valence-corrected chi connectivity index (χ0v) is 14.4. The van der Waals surface area contributed by atoms with Crippen molar-refractivity contribution < 1.29 is 18.8 Å². The summed E-state index contributed by atoms with van der Waals surface area (Å²) in [7, 11) is 1.55. The fourth-order valence-corrected chi connectivity index (χ4v) is 2.78. The van der Waals surface area contributed by atoms with Crippen LogP contribution in [-0.2, 0) is 16.1 Å². The van der Waals surface area contributed by atoms with Crippen LogP contribution in [0.2, 0.25) is 0 Å². The van der Waals surface area contributed by atoms with Crippen LogP contribution < -0.4 is 5.56 Å². The van der Waals surface area contributed by atoms with Crippen LogP contribution >= 0.6 is 0 Å². The Bertz CT molecular complexity index is 828. The van der Waals surface area contributed by atoms with E-state index in [1.165, 1.54) is 6.07 Å². The van der Waals surface area contributed by atoms with Crippen LogP contribution in [0.25, 0.3) is 0 Å². The minimum Gasteiger partial charge on any atom is -0.380 e. The van der Waals surface area contributed by atoms with E-state index in [0.29, 0.717) is 36.0 Å². The van der Waals surface area contributed by atoms with Gasteiger partial charge >= 0.3 is 0 Å². The summed E-state index contributed by atoms with van der Waals surface area (Å²) in [5.41, 5.74) is 1.23. The van der Waals surface area contributed by atoms with Crippen LogP contribution in [0.15, 0.2) is 15.4 Å². The standard InChI is InChI=1S/C16H20N4O5/c1-9-6-13(21)18-15(17-9)12-7-20(4-5-24-12)16(22)14-11(8-23-3)10(2)25-19-14/h6,12H,4-5,7-8H2,1-3H3,(H,17,18,21)/t12-/m0/s1. The van der Waals surface area contributed by atoms with Gasteiger partial charge in [-0.15, -0.1) is 0 Å². The molecule has 2 aromatic rings. The Kier molecular flexibility index (Phi) is 4.95. The molecule has 9 heteroatoms. The fraction of sp³-hybridized carbons (Fsp3) is 0.500. The number of aryl methyl sites for hydroxylation is 2. The van der Waals surface area contributed by atoms with Crippen LogP contribution in [0.5, 0.6) is 0 Å². The molecule has 1 amide bonds. The molecule has 134 valence electrons. The lowest BCUT2D eigenvalue weighted by Gasteiger charge is -2.32. The first kappa shape index (κ1) is 17.3. The van der Waals surface area contributed by atoms with E-state index in [1.54, 1.807) is 25.9 Å². The number of H-pyrrole nitrogens is 1. The van der Waals surface area contributed by atoms with Crippen molar-refractivity contribution in [3.63, 3.8) is 0 Å². The quantitative estimate of drug-likeness (QED) is 0.867. The number of hydrogen-bond donors (Lipinski definition) is 1. The number of nitrogens with one attached hydrogen (secondary N) is 1. The van der Waals surface area contributed by atoms with Crippen molar-refractivity contribution in [3.05, 3.63) is 45.0 Å². The van der Waals surface area contributed by atoms with Gasteiger partial charge in [0.2, 0.25) is 0 Å². The van der Waals surface area contributed by atoms with E-state index in [2.05, 4.69) is 15.1 Å². The summed E-state index contributed by atoms with van der Waals surface area (Å²) >= 11 is 0. The molecular weight excluding hydrogens is 328 g/mol. The maximum atomic E-state index is 12.8. The maximum absolute atomic E-state index is 12.8. The summed E-state index contributed by atoms with van der Waals surface area (Å²) in [6.45, 7) is 4.75. The number of amides is 1. The van der Waals surface area contributed by atoms with Crippen LogP contribution in [0.4, 0.5) is 0 Å². The summed E-state index contributed by atoms with van der Waals surface area (Å²) < 4.78 is 15.9. The average molecular weight is 348 g/mol. The molecule has 3 rings (SSSR count). The van der Waals surface area contributed by atoms with E-state index < -0.39 is 6.10 Å². The Hall–Kier alpha value is -2.52. The third-order valence-corrected chi connectivity index (χ3v) is 4.02. The third kappa shape index (κ3) is 3.62. The van der Waals surface area contributed by atoms with Gasteiger partial charge < -0.3 is 23.9 Å². The summed E-state index contributed by atoms with van der Waals surface area (Å²) in [6, 6.07) is 1.41. The highest BCUT2D eigenvalue weighted by molar-refractivity contribution is 5.93. The van der Waals surface area contributed by atoms with Gasteiger partial charge in [-0.3, -0.25) is 9.59 Å². The van der Waals surface area contributed by atoms with E-state index in [1.807, 2.05) is 0 Å². The molecule has 0 unspecified atom stereocenters. The van der Waals surface area contributed by atoms with E-state index in [4.69, 9.17) is 14.0 Å². The summed E-state index contributed by atoms with van der Waals surface area (Å²) in [6.07, 6.45) is -0.496. The maximum Gasteiger partial charge on any atom is 0.276 e. The molecule has 1 N–H and O–H groups in total. The number of rotatable bonds is 4. The molecule has 1 fully saturated rings. The molecule has 1 atom stereocenters. The number of morpholine rings is 1. The van der Waals surface area contributed by atoms with E-state index in [-0.39, 0.29) is 30.3 Å². The third-order valence-electron chi connectivity index (χ3n) is 4.02. The summed E-state index contributed by atoms with van der Waals surface area (Å²) in [4.78, 5) is 33.1. The minimum absolute atomic E-state index is 0.241. The topological polar surface area (TPSA) is 111 Å². The van der Waals surface area contributed by atoms with Gasteiger partial charge in [0.1, 0.15) is 17.7 Å². The fourth-order valence-electron chi connectivity index (χ4n) is 2.78. The molecule has 2 aromatic heterocycles. The normalized spacial score (nSPS) is 17.7. The Morgan fingerprint density at radius 3 is 3.00 bits per heavy atom. The number of carbonyl (C=O) groups excluding carboxylic acids is 1. The zero-order chi connectivity index (χ0) is 18.0. The number of carbonyl (C=O) groups is 1. The first-order valence-corrected chi connectivity index (χ1v) is 7.92. The Morgan fingerprint density at radius 2 is 2.28 bits per heavy atom. The largest absolute Gasteiger partial charge is 0.380 e. The van der Waals surface area contributed by atoms with Gasteiger partial charge in [0, 0.05) is 25.4 Å². The molecule has 1 aliphatic heterocycles. The van der Waals surface area contributed by atoms with Crippen LogP contribution in [-0.4, -0.2) is 52.7 Å². The van der Waals surface area contributed by atoms with E-state index >= 15 is 0 Å². The van der Waals surface area contributed by atoms with Crippen molar-refractivity contribution in [1.82, 2.24) is 20.0 Å². The molecule has 9 nitrogen and oxygen atoms in total. The van der Waals surface area contributed by atoms with Crippen molar-refractivity contribution in [2.45, 2.75) is 26.6 Å². The lowest BCUT2D eigenvalue weighted by atomic mass is 10.1. The zero-order valence-electron chi connectivity index (χ0n) is 14.4. The minimum atomic E-state index is -0.496. The number of aromatic amines is 1. The lowest BCUT2D eigenvalue weighted by molar-refractivity contribution is -0.0273. The highest BCUT2D eigenvalue weighted by Gasteiger charge is 2.31. The van der Waals surface area contributed by atoms with Gasteiger partial charge in [0.15, 0.2) is 5.69 Å². The number of aromatic nitrogens is 3. The second-order valence-electron chi connectivity index (χ2n) is 5.88. The molecule has 0 aliphatic carbocycles. The molecule has 3 heterocycles. The molecule has 0 radical (unpaired) electrons. The van der Waals surface area contributed by atoms with Gasteiger partial charge in [-0.1, -0.05) is 5.16 Å². The number of hydrogen-bond acceptors (Lipinski definition) is 7. The van der Waals surface area contributed by atoms with Crippen molar-refractivity contribution >= 4 is 5.91 Å². The Labute approximate surface area is 143 Å². The van der Waals surface area contributed by atoms with Crippen molar-refractivity contribution in [2.24, 2.45) is 0 Å². The molecule has 0 saturated carbocycles.